The molecule has 0 aliphatic rings. The van der Waals surface area contributed by atoms with Crippen molar-refractivity contribution < 1.29 is 27.2 Å². The van der Waals surface area contributed by atoms with Crippen molar-refractivity contribution in [2.75, 3.05) is 0 Å². The molecule has 11 heteroatoms. The van der Waals surface area contributed by atoms with Crippen molar-refractivity contribution in [3.8, 4) is 0 Å². The summed E-state index contributed by atoms with van der Waals surface area (Å²) in [6.45, 7) is 0. The summed E-state index contributed by atoms with van der Waals surface area (Å²) in [4.78, 5) is 31.8. The van der Waals surface area contributed by atoms with Crippen LogP contribution >= 0.6 is 47.8 Å². The van der Waals surface area contributed by atoms with Crippen molar-refractivity contribution in [2.24, 2.45) is 0 Å². The lowest BCUT2D eigenvalue weighted by atomic mass is 10.1. The maximum Gasteiger partial charge on any atom is 0.214 e. The molecule has 0 radical (unpaired) electrons. The highest BCUT2D eigenvalue weighted by atomic mass is 79.9. The van der Waals surface area contributed by atoms with Gasteiger partial charge in [-0.25, -0.2) is 17.6 Å². The van der Waals surface area contributed by atoms with Crippen LogP contribution in [0.15, 0.2) is 73.1 Å². The van der Waals surface area contributed by atoms with Crippen molar-refractivity contribution in [2.45, 2.75) is 9.07 Å². The molecule has 0 aliphatic carbocycles. The van der Waals surface area contributed by atoms with Crippen molar-refractivity contribution in [3.05, 3.63) is 130 Å². The summed E-state index contributed by atoms with van der Waals surface area (Å²) in [6.07, 6.45) is 3.00. The molecule has 0 unspecified atom stereocenters. The van der Waals surface area contributed by atoms with Gasteiger partial charge in [-0.15, -0.1) is 0 Å². The number of benzene rings is 2. The van der Waals surface area contributed by atoms with Crippen LogP contribution in [-0.2, 0) is 5.33 Å². The van der Waals surface area contributed by atoms with E-state index in [4.69, 9.17) is 0 Å². The van der Waals surface area contributed by atoms with Gasteiger partial charge in [-0.1, -0.05) is 59.9 Å². The summed E-state index contributed by atoms with van der Waals surface area (Å²) in [5.41, 5.74) is 1.23. The summed E-state index contributed by atoms with van der Waals surface area (Å²) < 4.78 is 52.9. The minimum absolute atomic E-state index is 0.0638. The molecule has 0 N–H and O–H groups in total. The van der Waals surface area contributed by atoms with Gasteiger partial charge in [-0.3, -0.25) is 19.6 Å². The monoisotopic (exact) mass is 700 g/mol. The number of hydrogen-bond donors (Lipinski definition) is 0. The predicted octanol–water partition coefficient (Wildman–Crippen LogP) is 7.86. The van der Waals surface area contributed by atoms with Gasteiger partial charge in [-0.05, 0) is 59.7 Å². The van der Waals surface area contributed by atoms with E-state index < -0.39 is 34.8 Å². The fraction of sp³-hybridized carbons (Fsp3) is 0.0769. The molecule has 2 aromatic carbocycles. The van der Waals surface area contributed by atoms with Crippen LogP contribution in [0.25, 0.3) is 0 Å². The zero-order chi connectivity index (χ0) is 27.1. The lowest BCUT2D eigenvalue weighted by molar-refractivity contribution is 0.102. The highest BCUT2D eigenvalue weighted by molar-refractivity contribution is 9.24. The van der Waals surface area contributed by atoms with Gasteiger partial charge in [-0.2, -0.15) is 0 Å². The fourth-order valence-corrected chi connectivity index (χ4v) is 3.80. The zero-order valence-electron chi connectivity index (χ0n) is 18.6. The first-order chi connectivity index (χ1) is 17.6. The Balaban J connectivity index is 0.000000206. The Morgan fingerprint density at radius 1 is 0.703 bits per heavy atom. The average Bonchev–Trinajstić information content (AvgIpc) is 2.91. The van der Waals surface area contributed by atoms with E-state index in [1.165, 1.54) is 24.5 Å². The van der Waals surface area contributed by atoms with Crippen LogP contribution in [0.2, 0.25) is 0 Å². The molecule has 0 atom stereocenters. The molecule has 0 fully saturated rings. The van der Waals surface area contributed by atoms with E-state index in [1.54, 1.807) is 12.1 Å². The minimum atomic E-state index is -0.767. The number of carbonyl (C=O) groups excluding carboxylic acids is 2. The largest absolute Gasteiger partial charge is 0.287 e. The van der Waals surface area contributed by atoms with Crippen LogP contribution in [-0.4, -0.2) is 21.5 Å². The third kappa shape index (κ3) is 7.62. The van der Waals surface area contributed by atoms with Crippen molar-refractivity contribution in [1.82, 2.24) is 9.97 Å². The molecule has 0 spiro atoms. The molecule has 0 aliphatic heterocycles. The van der Waals surface area contributed by atoms with Gasteiger partial charge in [0, 0.05) is 17.7 Å². The van der Waals surface area contributed by atoms with Gasteiger partial charge in [0.05, 0.1) is 14.9 Å². The number of rotatable bonds is 6. The van der Waals surface area contributed by atoms with Crippen LogP contribution in [0, 0.1) is 23.3 Å². The molecule has 190 valence electrons. The van der Waals surface area contributed by atoms with Gasteiger partial charge < -0.3 is 0 Å². The molecule has 2 heterocycles. The first-order valence-electron chi connectivity index (χ1n) is 10.3. The Hall–Kier alpha value is -2.76. The van der Waals surface area contributed by atoms with Crippen LogP contribution in [0.1, 0.15) is 47.0 Å². The van der Waals surface area contributed by atoms with Gasteiger partial charge in [0.1, 0.15) is 34.7 Å². The second-order valence-electron chi connectivity index (χ2n) is 7.37. The van der Waals surface area contributed by atoms with E-state index in [-0.39, 0.29) is 26.3 Å². The van der Waals surface area contributed by atoms with Crippen LogP contribution in [0.4, 0.5) is 17.6 Å². The second-order valence-corrected chi connectivity index (χ2v) is 11.0. The number of pyridine rings is 2. The molecule has 4 aromatic rings. The molecule has 4 nitrogen and oxygen atoms in total. The maximum absolute atomic E-state index is 13.5. The fourth-order valence-electron chi connectivity index (χ4n) is 2.93. The molecular weight excluding hydrogens is 688 g/mol. The normalized spacial score (nSPS) is 10.6. The summed E-state index contributed by atoms with van der Waals surface area (Å²) in [5.74, 6) is -4.12. The summed E-state index contributed by atoms with van der Waals surface area (Å²) in [6, 6.07) is 11.8. The van der Waals surface area contributed by atoms with E-state index >= 15 is 0 Å². The second kappa shape index (κ2) is 13.2. The quantitative estimate of drug-likeness (QED) is 0.117. The van der Waals surface area contributed by atoms with Gasteiger partial charge >= 0.3 is 0 Å². The SMILES string of the molecule is O=C(c1ccc(C(Br)Br)cn1)c1cc(F)ccc1F.O=C(c1ccc(CBr)cn1)c1cc(F)ccc1F. The third-order valence-electron chi connectivity index (χ3n) is 4.83. The molecule has 37 heavy (non-hydrogen) atoms. The Morgan fingerprint density at radius 3 is 1.57 bits per heavy atom. The van der Waals surface area contributed by atoms with Crippen molar-refractivity contribution in [1.29, 1.82) is 0 Å². The van der Waals surface area contributed by atoms with Crippen LogP contribution < -0.4 is 0 Å². The zero-order valence-corrected chi connectivity index (χ0v) is 23.3. The smallest absolute Gasteiger partial charge is 0.214 e. The lowest BCUT2D eigenvalue weighted by Crippen LogP contribution is -2.07. The lowest BCUT2D eigenvalue weighted by Gasteiger charge is -2.05. The van der Waals surface area contributed by atoms with E-state index in [0.717, 1.165) is 47.5 Å². The molecular formula is C26H15Br3F4N2O2. The predicted molar refractivity (Wildman–Crippen MR) is 141 cm³/mol. The molecule has 0 bridgehead atoms. The standard InChI is InChI=1S/C13H7Br2F2NO.C13H8BrF2NO/c14-13(15)7-1-4-11(18-6-7)12(19)9-5-8(16)2-3-10(9)17;14-6-8-1-4-12(17-7-8)13(18)10-5-9(15)2-3-11(10)16/h1-6,13H;1-5,7H,6H2. The van der Waals surface area contributed by atoms with Gasteiger partial charge in [0.25, 0.3) is 0 Å². The number of halogens is 7. The molecule has 0 amide bonds. The summed E-state index contributed by atoms with van der Waals surface area (Å²) in [7, 11) is 0. The highest BCUT2D eigenvalue weighted by Gasteiger charge is 2.17. The van der Waals surface area contributed by atoms with Crippen molar-refractivity contribution >= 4 is 59.4 Å². The minimum Gasteiger partial charge on any atom is -0.287 e. The number of aromatic nitrogens is 2. The van der Waals surface area contributed by atoms with E-state index in [2.05, 4.69) is 57.8 Å². The van der Waals surface area contributed by atoms with E-state index in [9.17, 15) is 27.2 Å². The number of carbonyl (C=O) groups is 2. The molecule has 0 saturated carbocycles. The number of ketones is 2. The van der Waals surface area contributed by atoms with E-state index in [1.807, 2.05) is 0 Å². The maximum atomic E-state index is 13.5. The summed E-state index contributed by atoms with van der Waals surface area (Å²) >= 11 is 9.84. The average molecular weight is 703 g/mol. The highest BCUT2D eigenvalue weighted by Crippen LogP contribution is 2.28. The van der Waals surface area contributed by atoms with Gasteiger partial charge in [0.2, 0.25) is 11.6 Å². The molecule has 0 saturated heterocycles. The molecule has 4 rings (SSSR count). The first-order valence-corrected chi connectivity index (χ1v) is 13.3. The molecule has 2 aromatic heterocycles. The Morgan fingerprint density at radius 2 is 1.19 bits per heavy atom. The van der Waals surface area contributed by atoms with Crippen LogP contribution in [0.3, 0.4) is 0 Å². The van der Waals surface area contributed by atoms with Crippen LogP contribution in [0.5, 0.6) is 0 Å². The Bertz CT molecular complexity index is 1420. The number of hydrogen-bond acceptors (Lipinski definition) is 4. The van der Waals surface area contributed by atoms with Crippen molar-refractivity contribution in [3.63, 3.8) is 0 Å². The Kier molecular flexibility index (Phi) is 10.2. The third-order valence-corrected chi connectivity index (χ3v) is 6.53. The first kappa shape index (κ1) is 28.8. The summed E-state index contributed by atoms with van der Waals surface area (Å²) in [5, 5.41) is 0.614. The van der Waals surface area contributed by atoms with Gasteiger partial charge in [0.15, 0.2) is 0 Å². The number of alkyl halides is 3. The Labute approximate surface area is 234 Å². The van der Waals surface area contributed by atoms with E-state index in [0.29, 0.717) is 5.33 Å². The number of nitrogens with zero attached hydrogens (tertiary/aromatic N) is 2. The topological polar surface area (TPSA) is 59.9 Å².